The molecule has 6 rings (SSSR count). The van der Waals surface area contributed by atoms with E-state index in [1.807, 2.05) is 41.7 Å². The number of thiazole rings is 1. The monoisotopic (exact) mass is 416 g/mol. The second-order valence-electron chi connectivity index (χ2n) is 7.86. The van der Waals surface area contributed by atoms with Gasteiger partial charge in [-0.3, -0.25) is 9.69 Å². The van der Waals surface area contributed by atoms with Gasteiger partial charge in [-0.05, 0) is 50.2 Å². The Morgan fingerprint density at radius 3 is 2.73 bits per heavy atom. The maximum atomic E-state index is 12.5. The van der Waals surface area contributed by atoms with Crippen molar-refractivity contribution in [3.8, 4) is 0 Å². The molecule has 0 unspecified atom stereocenters. The quantitative estimate of drug-likeness (QED) is 0.463. The number of hydrogen-bond donors (Lipinski definition) is 1. The van der Waals surface area contributed by atoms with E-state index in [0.717, 1.165) is 36.8 Å². The summed E-state index contributed by atoms with van der Waals surface area (Å²) in [5, 5.41) is 2.13. The molecule has 1 aliphatic heterocycles. The number of likely N-dealkylation sites (tertiary alicyclic amines) is 1. The van der Waals surface area contributed by atoms with Crippen molar-refractivity contribution in [3.63, 3.8) is 0 Å². The van der Waals surface area contributed by atoms with Crippen LogP contribution in [0.1, 0.15) is 29.6 Å². The summed E-state index contributed by atoms with van der Waals surface area (Å²) in [5.74, 6) is 1.20. The fourth-order valence-electron chi connectivity index (χ4n) is 4.34. The summed E-state index contributed by atoms with van der Waals surface area (Å²) < 4.78 is 6.95. The lowest BCUT2D eigenvalue weighted by Gasteiger charge is -2.30. The third-order valence-corrected chi connectivity index (χ3v) is 7.10. The van der Waals surface area contributed by atoms with Gasteiger partial charge in [-0.1, -0.05) is 24.3 Å². The SMILES string of the molecule is O=c1[nH]c(CN2CCC(c3nc4ccccc4s3)CC2)nc2c1oc1ccccc12. The topological polar surface area (TPSA) is 75.0 Å². The molecule has 1 aliphatic rings. The molecule has 0 spiro atoms. The van der Waals surface area contributed by atoms with E-state index in [-0.39, 0.29) is 5.56 Å². The molecule has 7 heteroatoms. The zero-order valence-electron chi connectivity index (χ0n) is 16.3. The minimum absolute atomic E-state index is 0.212. The number of para-hydroxylation sites is 2. The van der Waals surface area contributed by atoms with Crippen LogP contribution in [-0.2, 0) is 6.54 Å². The predicted octanol–water partition coefficient (Wildman–Crippen LogP) is 4.66. The minimum Gasteiger partial charge on any atom is -0.449 e. The molecule has 2 aromatic carbocycles. The molecule has 0 amide bonds. The van der Waals surface area contributed by atoms with Crippen molar-refractivity contribution < 1.29 is 4.42 Å². The van der Waals surface area contributed by atoms with Crippen molar-refractivity contribution in [1.82, 2.24) is 19.9 Å². The van der Waals surface area contributed by atoms with Gasteiger partial charge in [0.1, 0.15) is 16.9 Å². The van der Waals surface area contributed by atoms with Gasteiger partial charge in [0.25, 0.3) is 5.56 Å². The summed E-state index contributed by atoms with van der Waals surface area (Å²) in [6.45, 7) is 2.57. The van der Waals surface area contributed by atoms with E-state index in [9.17, 15) is 4.79 Å². The Hall–Kier alpha value is -3.03. The Morgan fingerprint density at radius 2 is 1.87 bits per heavy atom. The van der Waals surface area contributed by atoms with Gasteiger partial charge < -0.3 is 9.40 Å². The number of hydrogen-bond acceptors (Lipinski definition) is 6. The highest BCUT2D eigenvalue weighted by Gasteiger charge is 2.24. The van der Waals surface area contributed by atoms with Gasteiger partial charge in [-0.15, -0.1) is 11.3 Å². The Balaban J connectivity index is 1.21. The van der Waals surface area contributed by atoms with Gasteiger partial charge in [-0.2, -0.15) is 0 Å². The Kier molecular flexibility index (Phi) is 4.17. The third-order valence-electron chi connectivity index (χ3n) is 5.90. The smallest absolute Gasteiger partial charge is 0.294 e. The lowest BCUT2D eigenvalue weighted by Crippen LogP contribution is -2.33. The van der Waals surface area contributed by atoms with Crippen molar-refractivity contribution in [2.45, 2.75) is 25.3 Å². The van der Waals surface area contributed by atoms with Crippen LogP contribution < -0.4 is 5.56 Å². The van der Waals surface area contributed by atoms with Crippen molar-refractivity contribution in [1.29, 1.82) is 0 Å². The van der Waals surface area contributed by atoms with E-state index in [2.05, 4.69) is 28.1 Å². The van der Waals surface area contributed by atoms with Crippen molar-refractivity contribution in [3.05, 3.63) is 69.7 Å². The molecule has 4 heterocycles. The van der Waals surface area contributed by atoms with E-state index >= 15 is 0 Å². The van der Waals surface area contributed by atoms with Crippen LogP contribution in [0.3, 0.4) is 0 Å². The second-order valence-corrected chi connectivity index (χ2v) is 8.92. The Morgan fingerprint density at radius 1 is 1.07 bits per heavy atom. The number of benzene rings is 2. The average Bonchev–Trinajstić information content (AvgIpc) is 3.36. The molecule has 1 fully saturated rings. The Labute approximate surface area is 176 Å². The summed E-state index contributed by atoms with van der Waals surface area (Å²) in [5.41, 5.74) is 2.53. The highest BCUT2D eigenvalue weighted by molar-refractivity contribution is 7.18. The van der Waals surface area contributed by atoms with Crippen molar-refractivity contribution in [2.75, 3.05) is 13.1 Å². The standard InChI is InChI=1S/C23H20N4O2S/c28-22-21-20(15-5-1-3-7-17(15)29-21)25-19(26-22)13-27-11-9-14(10-12-27)23-24-16-6-2-4-8-18(16)30-23/h1-8,14H,9-13H2,(H,25,26,28). The molecule has 5 aromatic rings. The van der Waals surface area contributed by atoms with Gasteiger partial charge in [0.15, 0.2) is 0 Å². The molecular weight excluding hydrogens is 396 g/mol. The molecule has 1 N–H and O–H groups in total. The van der Waals surface area contributed by atoms with E-state index in [1.54, 1.807) is 0 Å². The summed E-state index contributed by atoms with van der Waals surface area (Å²) in [7, 11) is 0. The summed E-state index contributed by atoms with van der Waals surface area (Å²) in [6.07, 6.45) is 2.14. The molecule has 0 bridgehead atoms. The highest BCUT2D eigenvalue weighted by Crippen LogP contribution is 2.34. The number of rotatable bonds is 3. The van der Waals surface area contributed by atoms with Crippen LogP contribution in [0.4, 0.5) is 0 Å². The molecule has 0 saturated carbocycles. The normalized spacial score (nSPS) is 16.1. The first-order valence-corrected chi connectivity index (χ1v) is 11.0. The molecule has 150 valence electrons. The number of nitrogens with zero attached hydrogens (tertiary/aromatic N) is 3. The molecule has 3 aromatic heterocycles. The van der Waals surface area contributed by atoms with Crippen LogP contribution in [0.5, 0.6) is 0 Å². The molecular formula is C23H20N4O2S. The lowest BCUT2D eigenvalue weighted by molar-refractivity contribution is 0.200. The van der Waals surface area contributed by atoms with Gasteiger partial charge in [0, 0.05) is 11.3 Å². The maximum Gasteiger partial charge on any atom is 0.294 e. The zero-order valence-corrected chi connectivity index (χ0v) is 17.1. The molecule has 0 atom stereocenters. The number of furan rings is 1. The molecule has 0 aliphatic carbocycles. The van der Waals surface area contributed by atoms with Gasteiger partial charge >= 0.3 is 0 Å². The van der Waals surface area contributed by atoms with Crippen molar-refractivity contribution in [2.24, 2.45) is 0 Å². The number of aromatic amines is 1. The van der Waals surface area contributed by atoms with Gasteiger partial charge in [-0.25, -0.2) is 9.97 Å². The highest BCUT2D eigenvalue weighted by atomic mass is 32.1. The minimum atomic E-state index is -0.212. The number of nitrogens with one attached hydrogen (secondary N) is 1. The third kappa shape index (κ3) is 3.02. The fourth-order valence-corrected chi connectivity index (χ4v) is 5.47. The second kappa shape index (κ2) is 7.04. The van der Waals surface area contributed by atoms with Crippen molar-refractivity contribution >= 4 is 43.6 Å². The number of fused-ring (bicyclic) bond motifs is 4. The fraction of sp³-hybridized carbons (Fsp3) is 0.261. The summed E-state index contributed by atoms with van der Waals surface area (Å²) in [6, 6.07) is 16.0. The number of aromatic nitrogens is 3. The molecule has 1 saturated heterocycles. The first-order valence-electron chi connectivity index (χ1n) is 10.2. The maximum absolute atomic E-state index is 12.5. The molecule has 0 radical (unpaired) electrons. The van der Waals surface area contributed by atoms with Crippen LogP contribution in [0.2, 0.25) is 0 Å². The Bertz CT molecular complexity index is 1390. The van der Waals surface area contributed by atoms with E-state index in [0.29, 0.717) is 35.0 Å². The molecule has 6 nitrogen and oxygen atoms in total. The van der Waals surface area contributed by atoms with E-state index in [1.165, 1.54) is 9.71 Å². The summed E-state index contributed by atoms with van der Waals surface area (Å²) >= 11 is 1.81. The van der Waals surface area contributed by atoms with Crippen LogP contribution in [0.25, 0.3) is 32.3 Å². The lowest BCUT2D eigenvalue weighted by atomic mass is 9.97. The van der Waals surface area contributed by atoms with E-state index < -0.39 is 0 Å². The van der Waals surface area contributed by atoms with Crippen LogP contribution in [0.15, 0.2) is 57.7 Å². The largest absolute Gasteiger partial charge is 0.449 e. The number of H-pyrrole nitrogens is 1. The van der Waals surface area contributed by atoms with Gasteiger partial charge in [0.2, 0.25) is 5.58 Å². The predicted molar refractivity (Wildman–Crippen MR) is 119 cm³/mol. The first kappa shape index (κ1) is 17.8. The van der Waals surface area contributed by atoms with Crippen LogP contribution in [-0.4, -0.2) is 32.9 Å². The van der Waals surface area contributed by atoms with E-state index in [4.69, 9.17) is 14.4 Å². The van der Waals surface area contributed by atoms with Gasteiger partial charge in [0.05, 0.1) is 21.8 Å². The molecule has 30 heavy (non-hydrogen) atoms. The van der Waals surface area contributed by atoms with Crippen LogP contribution in [0, 0.1) is 0 Å². The van der Waals surface area contributed by atoms with Crippen LogP contribution >= 0.6 is 11.3 Å². The first-order chi connectivity index (χ1) is 14.7. The summed E-state index contributed by atoms with van der Waals surface area (Å²) in [4.78, 5) is 27.3. The average molecular weight is 417 g/mol. The zero-order chi connectivity index (χ0) is 20.1. The number of piperidine rings is 1.